The zero-order valence-corrected chi connectivity index (χ0v) is 20.0. The molecule has 4 aromatic rings. The van der Waals surface area contributed by atoms with Gasteiger partial charge in [0.2, 0.25) is 5.91 Å². The quantitative estimate of drug-likeness (QED) is 0.313. The third-order valence-corrected chi connectivity index (χ3v) is 6.99. The molecule has 1 atom stereocenters. The Labute approximate surface area is 206 Å². The number of halogens is 1. The Balaban J connectivity index is 1.46. The van der Waals surface area contributed by atoms with Gasteiger partial charge in [-0.1, -0.05) is 53.7 Å². The summed E-state index contributed by atoms with van der Waals surface area (Å²) in [6, 6.07) is 19.0. The molecule has 5 rings (SSSR count). The van der Waals surface area contributed by atoms with Gasteiger partial charge in [0.05, 0.1) is 12.1 Å². The number of ether oxygens (including phenoxy) is 1. The highest BCUT2D eigenvalue weighted by molar-refractivity contribution is 8.00. The summed E-state index contributed by atoms with van der Waals surface area (Å²) in [6.07, 6.45) is 5.64. The molecule has 0 spiro atoms. The molecule has 1 aliphatic carbocycles. The number of anilines is 1. The maximum Gasteiger partial charge on any atom is 0.242 e. The number of rotatable bonds is 8. The van der Waals surface area contributed by atoms with Crippen LogP contribution in [0.1, 0.15) is 29.7 Å². The first-order chi connectivity index (χ1) is 16.6. The van der Waals surface area contributed by atoms with Crippen LogP contribution in [-0.4, -0.2) is 32.8 Å². The Morgan fingerprint density at radius 2 is 1.97 bits per heavy atom. The average Bonchev–Trinajstić information content (AvgIpc) is 3.62. The van der Waals surface area contributed by atoms with Crippen LogP contribution in [0.25, 0.3) is 11.4 Å². The van der Waals surface area contributed by atoms with Crippen molar-refractivity contribution in [3.05, 3.63) is 83.6 Å². The van der Waals surface area contributed by atoms with Crippen LogP contribution in [0.2, 0.25) is 5.02 Å². The first kappa shape index (κ1) is 22.4. The highest BCUT2D eigenvalue weighted by Gasteiger charge is 2.33. The summed E-state index contributed by atoms with van der Waals surface area (Å²) in [4.78, 5) is 17.7. The number of aromatic nitrogens is 4. The van der Waals surface area contributed by atoms with Crippen LogP contribution in [0.4, 0.5) is 5.69 Å². The number of nitrogens with zero attached hydrogens (tertiary/aromatic N) is 4. The van der Waals surface area contributed by atoms with E-state index in [1.807, 2.05) is 42.5 Å². The molecule has 2 heterocycles. The molecular weight excluding hydrogens is 470 g/mol. The second kappa shape index (κ2) is 9.87. The van der Waals surface area contributed by atoms with Gasteiger partial charge in [-0.3, -0.25) is 14.3 Å². The van der Waals surface area contributed by atoms with E-state index in [2.05, 4.69) is 25.1 Å². The molecular formula is C25H22ClN5O2S. The summed E-state index contributed by atoms with van der Waals surface area (Å²) in [5.74, 6) is 1.15. The molecule has 0 aliphatic heterocycles. The van der Waals surface area contributed by atoms with Crippen LogP contribution in [0.15, 0.2) is 78.2 Å². The lowest BCUT2D eigenvalue weighted by molar-refractivity contribution is -0.115. The Bertz CT molecular complexity index is 1300. The van der Waals surface area contributed by atoms with Crippen molar-refractivity contribution < 1.29 is 9.53 Å². The Morgan fingerprint density at radius 1 is 1.15 bits per heavy atom. The topological polar surface area (TPSA) is 81.9 Å². The second-order valence-corrected chi connectivity index (χ2v) is 9.38. The standard InChI is InChI=1S/C25H22ClN5O2S/c1-33-21-12-9-18(14-20(21)26)28-24(32)22(16-6-3-2-4-7-16)34-25-30-29-23(31(25)19-10-11-19)17-8-5-13-27-15-17/h2-9,12-15,19,22H,10-11H2,1H3,(H,28,32). The van der Waals surface area contributed by atoms with E-state index in [0.717, 1.165) is 29.8 Å². The lowest BCUT2D eigenvalue weighted by Crippen LogP contribution is -2.19. The Hall–Kier alpha value is -3.36. The van der Waals surface area contributed by atoms with Gasteiger partial charge < -0.3 is 10.1 Å². The minimum Gasteiger partial charge on any atom is -0.495 e. The van der Waals surface area contributed by atoms with Crippen LogP contribution in [0.3, 0.4) is 0 Å². The fourth-order valence-corrected chi connectivity index (χ4v) is 5.03. The lowest BCUT2D eigenvalue weighted by Gasteiger charge is -2.18. The molecule has 1 amide bonds. The minimum absolute atomic E-state index is 0.175. The van der Waals surface area contributed by atoms with Gasteiger partial charge in [0, 0.05) is 29.7 Å². The van der Waals surface area contributed by atoms with Crippen LogP contribution in [0.5, 0.6) is 5.75 Å². The van der Waals surface area contributed by atoms with Gasteiger partial charge in [0.15, 0.2) is 11.0 Å². The highest BCUT2D eigenvalue weighted by Crippen LogP contribution is 2.44. The molecule has 172 valence electrons. The third kappa shape index (κ3) is 4.78. The van der Waals surface area contributed by atoms with Crippen LogP contribution < -0.4 is 10.1 Å². The van der Waals surface area contributed by atoms with E-state index in [4.69, 9.17) is 16.3 Å². The van der Waals surface area contributed by atoms with Crippen molar-refractivity contribution in [1.29, 1.82) is 0 Å². The average molecular weight is 492 g/mol. The van der Waals surface area contributed by atoms with Crippen molar-refractivity contribution in [2.24, 2.45) is 0 Å². The molecule has 2 aromatic carbocycles. The molecule has 1 aliphatic rings. The summed E-state index contributed by atoms with van der Waals surface area (Å²) >= 11 is 7.65. The number of carbonyl (C=O) groups excluding carboxylic acids is 1. The summed E-state index contributed by atoms with van der Waals surface area (Å²) in [7, 11) is 1.55. The van der Waals surface area contributed by atoms with Gasteiger partial charge in [0.1, 0.15) is 11.0 Å². The maximum atomic E-state index is 13.5. The molecule has 0 bridgehead atoms. The summed E-state index contributed by atoms with van der Waals surface area (Å²) < 4.78 is 7.34. The summed E-state index contributed by atoms with van der Waals surface area (Å²) in [6.45, 7) is 0. The van der Waals surface area contributed by atoms with Gasteiger partial charge >= 0.3 is 0 Å². The van der Waals surface area contributed by atoms with E-state index in [0.29, 0.717) is 27.7 Å². The number of benzene rings is 2. The monoisotopic (exact) mass is 491 g/mol. The van der Waals surface area contributed by atoms with Crippen molar-refractivity contribution in [2.45, 2.75) is 29.3 Å². The van der Waals surface area contributed by atoms with E-state index in [1.165, 1.54) is 11.8 Å². The third-order valence-electron chi connectivity index (χ3n) is 5.48. The lowest BCUT2D eigenvalue weighted by atomic mass is 10.1. The number of hydrogen-bond acceptors (Lipinski definition) is 6. The van der Waals surface area contributed by atoms with Gasteiger partial charge in [-0.05, 0) is 48.7 Å². The van der Waals surface area contributed by atoms with Gasteiger partial charge in [0.25, 0.3) is 0 Å². The van der Waals surface area contributed by atoms with E-state index < -0.39 is 5.25 Å². The predicted octanol–water partition coefficient (Wildman–Crippen LogP) is 5.81. The molecule has 34 heavy (non-hydrogen) atoms. The molecule has 1 unspecified atom stereocenters. The normalized spacial score (nSPS) is 13.9. The fraction of sp³-hybridized carbons (Fsp3) is 0.200. The van der Waals surface area contributed by atoms with Crippen LogP contribution >= 0.6 is 23.4 Å². The first-order valence-corrected chi connectivity index (χ1v) is 12.1. The molecule has 1 N–H and O–H groups in total. The number of pyridine rings is 1. The van der Waals surface area contributed by atoms with E-state index in [9.17, 15) is 4.79 Å². The molecule has 1 saturated carbocycles. The number of carbonyl (C=O) groups is 1. The van der Waals surface area contributed by atoms with Gasteiger partial charge in [-0.2, -0.15) is 0 Å². The Kier molecular flexibility index (Phi) is 6.51. The molecule has 9 heteroatoms. The van der Waals surface area contributed by atoms with Gasteiger partial charge in [-0.15, -0.1) is 10.2 Å². The van der Waals surface area contributed by atoms with E-state index in [1.54, 1.807) is 37.7 Å². The first-order valence-electron chi connectivity index (χ1n) is 10.9. The summed E-state index contributed by atoms with van der Waals surface area (Å²) in [5, 5.41) is 12.5. The largest absolute Gasteiger partial charge is 0.495 e. The number of hydrogen-bond donors (Lipinski definition) is 1. The van der Waals surface area contributed by atoms with Crippen molar-refractivity contribution in [2.75, 3.05) is 12.4 Å². The second-order valence-electron chi connectivity index (χ2n) is 7.90. The molecule has 0 saturated heterocycles. The smallest absolute Gasteiger partial charge is 0.242 e. The predicted molar refractivity (Wildman–Crippen MR) is 133 cm³/mol. The van der Waals surface area contributed by atoms with E-state index in [-0.39, 0.29) is 5.91 Å². The van der Waals surface area contributed by atoms with Gasteiger partial charge in [-0.25, -0.2) is 0 Å². The zero-order chi connectivity index (χ0) is 23.5. The molecule has 7 nitrogen and oxygen atoms in total. The van der Waals surface area contributed by atoms with Crippen LogP contribution in [0, 0.1) is 0 Å². The number of thioether (sulfide) groups is 1. The minimum atomic E-state index is -0.537. The van der Waals surface area contributed by atoms with E-state index >= 15 is 0 Å². The number of methoxy groups -OCH3 is 1. The maximum absolute atomic E-state index is 13.5. The zero-order valence-electron chi connectivity index (χ0n) is 18.4. The highest BCUT2D eigenvalue weighted by atomic mass is 35.5. The number of amides is 1. The van der Waals surface area contributed by atoms with Crippen molar-refractivity contribution in [3.8, 4) is 17.1 Å². The number of nitrogens with one attached hydrogen (secondary N) is 1. The Morgan fingerprint density at radius 3 is 2.65 bits per heavy atom. The van der Waals surface area contributed by atoms with Crippen molar-refractivity contribution >= 4 is 35.0 Å². The molecule has 1 fully saturated rings. The van der Waals surface area contributed by atoms with Crippen LogP contribution in [-0.2, 0) is 4.79 Å². The molecule has 0 radical (unpaired) electrons. The van der Waals surface area contributed by atoms with Crippen molar-refractivity contribution in [1.82, 2.24) is 19.7 Å². The molecule has 2 aromatic heterocycles. The fourth-order valence-electron chi connectivity index (χ4n) is 3.67. The van der Waals surface area contributed by atoms with Crippen molar-refractivity contribution in [3.63, 3.8) is 0 Å². The SMILES string of the molecule is COc1ccc(NC(=O)C(Sc2nnc(-c3cccnc3)n2C2CC2)c2ccccc2)cc1Cl. The summed E-state index contributed by atoms with van der Waals surface area (Å²) in [5.41, 5.74) is 2.37.